The summed E-state index contributed by atoms with van der Waals surface area (Å²) in [5.74, 6) is 0.0565. The second-order valence-electron chi connectivity index (χ2n) is 1.60. The van der Waals surface area contributed by atoms with Crippen LogP contribution in [0, 0.1) is 0 Å². The average molecular weight is 315 g/mol. The predicted molar refractivity (Wildman–Crippen MR) is 55.9 cm³/mol. The number of halogens is 2. The van der Waals surface area contributed by atoms with Crippen LogP contribution in [0.2, 0.25) is 10.0 Å². The number of rotatable bonds is 0. The van der Waals surface area contributed by atoms with Gasteiger partial charge in [-0.2, -0.15) is 21.3 Å². The fourth-order valence-corrected chi connectivity index (χ4v) is 0.890. The van der Waals surface area contributed by atoms with E-state index in [-0.39, 0.29) is 27.3 Å². The van der Waals surface area contributed by atoms with E-state index < -0.39 is 0 Å². The van der Waals surface area contributed by atoms with Gasteiger partial charge in [-0.05, 0) is 18.2 Å². The van der Waals surface area contributed by atoms with E-state index in [9.17, 15) is 0 Å². The molecule has 0 unspecified atom stereocenters. The maximum absolute atomic E-state index is 8.85. The molecule has 0 heterocycles. The van der Waals surface area contributed by atoms with Crippen molar-refractivity contribution in [1.82, 2.24) is 0 Å². The molecule has 1 radical (unpaired) electrons. The van der Waals surface area contributed by atoms with Gasteiger partial charge in [0.2, 0.25) is 0 Å². The third-order valence-electron chi connectivity index (χ3n) is 0.910. The quantitative estimate of drug-likeness (QED) is 0.661. The van der Waals surface area contributed by atoms with Gasteiger partial charge in [0.05, 0.1) is 5.02 Å². The minimum atomic E-state index is 0. The molecule has 0 atom stereocenters. The van der Waals surface area contributed by atoms with Crippen molar-refractivity contribution in [2.24, 2.45) is 0 Å². The van der Waals surface area contributed by atoms with Gasteiger partial charge < -0.3 is 20.4 Å². The summed E-state index contributed by atoms with van der Waals surface area (Å²) in [6.07, 6.45) is 0. The zero-order valence-electron chi connectivity index (χ0n) is 8.98. The van der Waals surface area contributed by atoms with Gasteiger partial charge in [0.15, 0.2) is 0 Å². The summed E-state index contributed by atoms with van der Waals surface area (Å²) >= 11 is 11.0. The van der Waals surface area contributed by atoms with E-state index in [0.29, 0.717) is 5.02 Å². The van der Waals surface area contributed by atoms with Crippen LogP contribution < -0.4 is 15.3 Å². The first-order valence-corrected chi connectivity index (χ1v) is 4.32. The fourth-order valence-electron chi connectivity index (χ4n) is 0.481. The summed E-state index contributed by atoms with van der Waals surface area (Å²) in [6.45, 7) is 0. The molecule has 0 aliphatic carbocycles. The number of aromatic hydroxyl groups is 1. The third-order valence-corrected chi connectivity index (χ3v) is 1.45. The van der Waals surface area contributed by atoms with Crippen LogP contribution >= 0.6 is 23.2 Å². The summed E-state index contributed by atoms with van der Waals surface area (Å²) in [5.41, 5.74) is 0. The van der Waals surface area contributed by atoms with Gasteiger partial charge in [-0.25, -0.2) is 0 Å². The van der Waals surface area contributed by atoms with Crippen LogP contribution in [-0.2, 0) is 16.5 Å². The third kappa shape index (κ3) is 14.0. The molecule has 0 aliphatic heterocycles. The standard InChI is InChI=1S/C6H4Cl2O.3CH3O.Ni/c7-4-1-2-6(9)5(8)3-4;3*1-2;/h1-3,9H;3*1H3;/q;3*-1;+3. The molecule has 0 aromatic heterocycles. The van der Waals surface area contributed by atoms with Crippen molar-refractivity contribution in [3.8, 4) is 5.75 Å². The monoisotopic (exact) mass is 313 g/mol. The van der Waals surface area contributed by atoms with E-state index >= 15 is 0 Å². The Labute approximate surface area is 115 Å². The molecule has 7 heteroatoms. The molecule has 1 aromatic carbocycles. The van der Waals surface area contributed by atoms with Crippen molar-refractivity contribution in [2.75, 3.05) is 21.3 Å². The van der Waals surface area contributed by atoms with Crippen molar-refractivity contribution >= 4 is 23.2 Å². The zero-order valence-corrected chi connectivity index (χ0v) is 11.5. The minimum Gasteiger partial charge on any atom is -0.857 e. The molecule has 0 amide bonds. The molecule has 1 rings (SSSR count). The normalized spacial score (nSPS) is 6.50. The van der Waals surface area contributed by atoms with E-state index in [1.165, 1.54) is 12.1 Å². The molecule has 0 aliphatic rings. The Bertz CT molecular complexity index is 237. The van der Waals surface area contributed by atoms with Crippen LogP contribution in [0.15, 0.2) is 18.2 Å². The largest absolute Gasteiger partial charge is 3.00 e. The zero-order chi connectivity index (χ0) is 12.9. The van der Waals surface area contributed by atoms with E-state index in [1.54, 1.807) is 6.07 Å². The van der Waals surface area contributed by atoms with Gasteiger partial charge in [-0.15, -0.1) is 0 Å². The Balaban J connectivity index is -0.0000000900. The van der Waals surface area contributed by atoms with Gasteiger partial charge in [0.1, 0.15) is 5.75 Å². The Morgan fingerprint density at radius 1 is 0.938 bits per heavy atom. The van der Waals surface area contributed by atoms with Gasteiger partial charge in [0, 0.05) is 5.02 Å². The van der Waals surface area contributed by atoms with E-state index in [2.05, 4.69) is 0 Å². The predicted octanol–water partition coefficient (Wildman–Crippen LogP) is -0.374. The Hall–Kier alpha value is -0.0265. The summed E-state index contributed by atoms with van der Waals surface area (Å²) < 4.78 is 0. The molecule has 0 fully saturated rings. The van der Waals surface area contributed by atoms with Crippen LogP contribution in [0.3, 0.4) is 0 Å². The van der Waals surface area contributed by atoms with Crippen molar-refractivity contribution in [3.05, 3.63) is 28.2 Å². The topological polar surface area (TPSA) is 89.4 Å². The van der Waals surface area contributed by atoms with E-state index in [0.717, 1.165) is 21.3 Å². The first-order chi connectivity index (χ1) is 7.20. The Kier molecular flexibility index (Phi) is 31.8. The molecule has 1 aromatic rings. The first kappa shape index (κ1) is 25.0. The van der Waals surface area contributed by atoms with Crippen LogP contribution in [0.5, 0.6) is 5.75 Å². The summed E-state index contributed by atoms with van der Waals surface area (Å²) in [7, 11) is 2.25. The van der Waals surface area contributed by atoms with Crippen molar-refractivity contribution in [3.63, 3.8) is 0 Å². The molecule has 1 N–H and O–H groups in total. The van der Waals surface area contributed by atoms with Crippen LogP contribution in [-0.4, -0.2) is 26.4 Å². The van der Waals surface area contributed by atoms with E-state index in [1.807, 2.05) is 0 Å². The molecule has 0 saturated carbocycles. The second-order valence-corrected chi connectivity index (χ2v) is 2.44. The number of hydrogen-bond acceptors (Lipinski definition) is 4. The van der Waals surface area contributed by atoms with Crippen molar-refractivity contribution < 1.29 is 36.9 Å². The summed E-state index contributed by atoms with van der Waals surface area (Å²) in [5, 5.41) is 34.4. The molecule has 16 heavy (non-hydrogen) atoms. The number of hydrogen-bond donors (Lipinski definition) is 1. The van der Waals surface area contributed by atoms with Gasteiger partial charge in [0.25, 0.3) is 0 Å². The molecule has 0 spiro atoms. The second kappa shape index (κ2) is 20.4. The molecular formula is C9H13Cl2NiO4. The summed E-state index contributed by atoms with van der Waals surface area (Å²) in [4.78, 5) is 0. The van der Waals surface area contributed by atoms with Crippen molar-refractivity contribution in [1.29, 1.82) is 0 Å². The molecule has 97 valence electrons. The SMILES string of the molecule is C[O-].C[O-].C[O-].Oc1ccc(Cl)cc1Cl.[Ni+3]. The maximum Gasteiger partial charge on any atom is 3.00 e. The van der Waals surface area contributed by atoms with Gasteiger partial charge in [-0.1, -0.05) is 23.2 Å². The number of phenolic OH excluding ortho intramolecular Hbond substituents is 1. The Morgan fingerprint density at radius 3 is 1.56 bits per heavy atom. The Morgan fingerprint density at radius 2 is 1.31 bits per heavy atom. The van der Waals surface area contributed by atoms with Crippen LogP contribution in [0.4, 0.5) is 0 Å². The van der Waals surface area contributed by atoms with E-state index in [4.69, 9.17) is 43.6 Å². The van der Waals surface area contributed by atoms with Gasteiger partial charge >= 0.3 is 16.5 Å². The molecule has 0 bridgehead atoms. The average Bonchev–Trinajstić information content (AvgIpc) is 2.32. The van der Waals surface area contributed by atoms with Gasteiger partial charge in [-0.3, -0.25) is 0 Å². The summed E-state index contributed by atoms with van der Waals surface area (Å²) in [6, 6.07) is 4.51. The number of phenols is 1. The fraction of sp³-hybridized carbons (Fsp3) is 0.333. The van der Waals surface area contributed by atoms with Crippen LogP contribution in [0.1, 0.15) is 0 Å². The maximum atomic E-state index is 8.85. The smallest absolute Gasteiger partial charge is 0.857 e. The minimum absolute atomic E-state index is 0. The molecule has 4 nitrogen and oxygen atoms in total. The molecule has 0 saturated heterocycles. The first-order valence-electron chi connectivity index (χ1n) is 3.56. The van der Waals surface area contributed by atoms with Crippen LogP contribution in [0.25, 0.3) is 0 Å². The van der Waals surface area contributed by atoms with Crippen molar-refractivity contribution in [2.45, 2.75) is 0 Å². The number of benzene rings is 1. The molecular weight excluding hydrogens is 302 g/mol.